The number of aromatic amines is 1. The second-order valence-corrected chi connectivity index (χ2v) is 6.87. The van der Waals surface area contributed by atoms with Crippen molar-refractivity contribution in [3.05, 3.63) is 58.4 Å². The highest BCUT2D eigenvalue weighted by Crippen LogP contribution is 2.29. The van der Waals surface area contributed by atoms with Crippen molar-refractivity contribution in [2.45, 2.75) is 39.5 Å². The molecule has 2 heterocycles. The van der Waals surface area contributed by atoms with E-state index in [1.54, 1.807) is 0 Å². The third-order valence-corrected chi connectivity index (χ3v) is 4.88. The van der Waals surface area contributed by atoms with Crippen molar-refractivity contribution in [2.75, 3.05) is 20.3 Å². The van der Waals surface area contributed by atoms with E-state index in [0.717, 1.165) is 18.7 Å². The number of nitrogens with zero attached hydrogens (tertiary/aromatic N) is 1. The minimum absolute atomic E-state index is 0.0788. The molecule has 3 rings (SSSR count). The van der Waals surface area contributed by atoms with Crippen molar-refractivity contribution < 1.29 is 14.3 Å². The van der Waals surface area contributed by atoms with Crippen LogP contribution in [0.5, 0.6) is 0 Å². The maximum Gasteiger partial charge on any atom is 0.354 e. The molecule has 1 aliphatic rings. The monoisotopic (exact) mass is 342 g/mol. The van der Waals surface area contributed by atoms with Crippen molar-refractivity contribution in [1.82, 2.24) is 9.88 Å². The van der Waals surface area contributed by atoms with Crippen LogP contribution < -0.4 is 0 Å². The lowest BCUT2D eigenvalue weighted by atomic mass is 9.98. The first-order valence-electron chi connectivity index (χ1n) is 8.66. The Bertz CT molecular complexity index is 753. The lowest BCUT2D eigenvalue weighted by Gasteiger charge is -2.38. The van der Waals surface area contributed by atoms with Gasteiger partial charge in [0.2, 0.25) is 0 Å². The molecule has 25 heavy (non-hydrogen) atoms. The van der Waals surface area contributed by atoms with Crippen LogP contribution in [0.1, 0.15) is 45.8 Å². The van der Waals surface area contributed by atoms with Crippen molar-refractivity contribution >= 4 is 5.97 Å². The van der Waals surface area contributed by atoms with Gasteiger partial charge >= 0.3 is 5.97 Å². The van der Waals surface area contributed by atoms with Gasteiger partial charge in [-0.05, 0) is 43.5 Å². The van der Waals surface area contributed by atoms with E-state index < -0.39 is 0 Å². The largest absolute Gasteiger partial charge is 0.464 e. The van der Waals surface area contributed by atoms with E-state index in [1.165, 1.54) is 23.8 Å². The van der Waals surface area contributed by atoms with Gasteiger partial charge in [0.1, 0.15) is 5.69 Å². The van der Waals surface area contributed by atoms with E-state index in [-0.39, 0.29) is 12.1 Å². The Morgan fingerprint density at radius 1 is 1.36 bits per heavy atom. The number of hydrogen-bond donors (Lipinski definition) is 1. The summed E-state index contributed by atoms with van der Waals surface area (Å²) in [6.07, 6.45) is 1.96. The number of carbonyl (C=O) groups is 1. The predicted molar refractivity (Wildman–Crippen MR) is 96.6 cm³/mol. The molecular weight excluding hydrogens is 316 g/mol. The number of benzene rings is 1. The fraction of sp³-hybridized carbons (Fsp3) is 0.450. The van der Waals surface area contributed by atoms with Gasteiger partial charge in [-0.25, -0.2) is 4.79 Å². The average molecular weight is 342 g/mol. The molecule has 0 amide bonds. The summed E-state index contributed by atoms with van der Waals surface area (Å²) >= 11 is 0. The topological polar surface area (TPSA) is 54.6 Å². The molecule has 5 nitrogen and oxygen atoms in total. The van der Waals surface area contributed by atoms with Crippen LogP contribution in [0.2, 0.25) is 0 Å². The summed E-state index contributed by atoms with van der Waals surface area (Å²) in [6.45, 7) is 8.73. The van der Waals surface area contributed by atoms with Crippen LogP contribution in [0.3, 0.4) is 0 Å². The van der Waals surface area contributed by atoms with Gasteiger partial charge in [-0.3, -0.25) is 4.90 Å². The lowest BCUT2D eigenvalue weighted by Crippen LogP contribution is -2.44. The molecule has 1 fully saturated rings. The van der Waals surface area contributed by atoms with Crippen LogP contribution in [0.15, 0.2) is 30.5 Å². The SMILES string of the molecule is COC(=O)c1cc(CN2C[C@@H](c3cc(C)ccc3C)OC[C@H]2C)c[nH]1. The van der Waals surface area contributed by atoms with Crippen LogP contribution >= 0.6 is 0 Å². The maximum absolute atomic E-state index is 11.6. The molecule has 1 aromatic heterocycles. The van der Waals surface area contributed by atoms with Crippen LogP contribution in [-0.4, -0.2) is 42.2 Å². The van der Waals surface area contributed by atoms with Gasteiger partial charge in [0, 0.05) is 25.3 Å². The third kappa shape index (κ3) is 3.94. The van der Waals surface area contributed by atoms with Crippen molar-refractivity contribution in [3.8, 4) is 0 Å². The van der Waals surface area contributed by atoms with Gasteiger partial charge in [-0.15, -0.1) is 0 Å². The molecule has 2 atom stereocenters. The molecule has 1 aliphatic heterocycles. The number of carbonyl (C=O) groups excluding carboxylic acids is 1. The summed E-state index contributed by atoms with van der Waals surface area (Å²) in [7, 11) is 1.39. The number of ether oxygens (including phenoxy) is 2. The van der Waals surface area contributed by atoms with E-state index in [9.17, 15) is 4.79 Å². The fourth-order valence-electron chi connectivity index (χ4n) is 3.31. The summed E-state index contributed by atoms with van der Waals surface area (Å²) in [5.74, 6) is -0.338. The Morgan fingerprint density at radius 3 is 2.92 bits per heavy atom. The second kappa shape index (κ2) is 7.42. The van der Waals surface area contributed by atoms with Gasteiger partial charge in [0.15, 0.2) is 0 Å². The summed E-state index contributed by atoms with van der Waals surface area (Å²) in [5.41, 5.74) is 5.35. The van der Waals surface area contributed by atoms with Gasteiger partial charge in [-0.2, -0.15) is 0 Å². The number of rotatable bonds is 4. The van der Waals surface area contributed by atoms with Gasteiger partial charge < -0.3 is 14.5 Å². The number of methoxy groups -OCH3 is 1. The number of hydrogen-bond acceptors (Lipinski definition) is 4. The zero-order chi connectivity index (χ0) is 18.0. The number of aryl methyl sites for hydroxylation is 2. The molecule has 0 aliphatic carbocycles. The standard InChI is InChI=1S/C20H26N2O3/c1-13-5-6-14(2)17(7-13)19-11-22(15(3)12-25-19)10-16-8-18(21-9-16)20(23)24-4/h5-9,15,19,21H,10-12H2,1-4H3/t15-,19+/m1/s1. The minimum Gasteiger partial charge on any atom is -0.464 e. The Kier molecular flexibility index (Phi) is 5.25. The Morgan fingerprint density at radius 2 is 2.16 bits per heavy atom. The van der Waals surface area contributed by atoms with E-state index in [4.69, 9.17) is 9.47 Å². The Hall–Kier alpha value is -2.11. The summed E-state index contributed by atoms with van der Waals surface area (Å²) in [6, 6.07) is 8.71. The summed E-state index contributed by atoms with van der Waals surface area (Å²) in [4.78, 5) is 17.0. The number of esters is 1. The van der Waals surface area contributed by atoms with E-state index in [0.29, 0.717) is 18.3 Å². The lowest BCUT2D eigenvalue weighted by molar-refractivity contribution is -0.0635. The van der Waals surface area contributed by atoms with Crippen LogP contribution in [0.4, 0.5) is 0 Å². The normalized spacial score (nSPS) is 21.3. The van der Waals surface area contributed by atoms with Gasteiger partial charge in [-0.1, -0.05) is 23.8 Å². The number of nitrogens with one attached hydrogen (secondary N) is 1. The fourth-order valence-corrected chi connectivity index (χ4v) is 3.31. The van der Waals surface area contributed by atoms with Crippen molar-refractivity contribution in [2.24, 2.45) is 0 Å². The molecule has 1 saturated heterocycles. The van der Waals surface area contributed by atoms with Crippen LogP contribution in [0.25, 0.3) is 0 Å². The molecule has 1 N–H and O–H groups in total. The van der Waals surface area contributed by atoms with Crippen LogP contribution in [-0.2, 0) is 16.0 Å². The molecule has 134 valence electrons. The summed E-state index contributed by atoms with van der Waals surface area (Å²) < 4.78 is 10.9. The highest BCUT2D eigenvalue weighted by molar-refractivity contribution is 5.87. The molecule has 0 unspecified atom stereocenters. The Labute approximate surface area is 148 Å². The number of morpholine rings is 1. The first-order valence-corrected chi connectivity index (χ1v) is 8.66. The zero-order valence-corrected chi connectivity index (χ0v) is 15.3. The van der Waals surface area contributed by atoms with Gasteiger partial charge in [0.25, 0.3) is 0 Å². The van der Waals surface area contributed by atoms with E-state index in [2.05, 4.69) is 48.9 Å². The van der Waals surface area contributed by atoms with Crippen molar-refractivity contribution in [1.29, 1.82) is 0 Å². The highest BCUT2D eigenvalue weighted by atomic mass is 16.5. The molecule has 0 bridgehead atoms. The molecule has 5 heteroatoms. The number of H-pyrrole nitrogens is 1. The first kappa shape index (κ1) is 17.7. The third-order valence-electron chi connectivity index (χ3n) is 4.88. The van der Waals surface area contributed by atoms with E-state index >= 15 is 0 Å². The molecule has 0 spiro atoms. The predicted octanol–water partition coefficient (Wildman–Crippen LogP) is 3.38. The second-order valence-electron chi connectivity index (χ2n) is 6.87. The molecular formula is C20H26N2O3. The first-order chi connectivity index (χ1) is 12.0. The number of aromatic nitrogens is 1. The smallest absolute Gasteiger partial charge is 0.354 e. The quantitative estimate of drug-likeness (QED) is 0.866. The minimum atomic E-state index is -0.338. The van der Waals surface area contributed by atoms with Gasteiger partial charge in [0.05, 0.1) is 19.8 Å². The molecule has 0 saturated carbocycles. The van der Waals surface area contributed by atoms with E-state index in [1.807, 2.05) is 12.3 Å². The zero-order valence-electron chi connectivity index (χ0n) is 15.3. The Balaban J connectivity index is 1.73. The maximum atomic E-state index is 11.6. The van der Waals surface area contributed by atoms with Crippen LogP contribution in [0, 0.1) is 13.8 Å². The van der Waals surface area contributed by atoms with Crippen molar-refractivity contribution in [3.63, 3.8) is 0 Å². The molecule has 2 aromatic rings. The molecule has 0 radical (unpaired) electrons. The molecule has 1 aromatic carbocycles. The highest BCUT2D eigenvalue weighted by Gasteiger charge is 2.28. The average Bonchev–Trinajstić information content (AvgIpc) is 3.07. The summed E-state index contributed by atoms with van der Waals surface area (Å²) in [5, 5.41) is 0.